The van der Waals surface area contributed by atoms with Crippen LogP contribution in [0, 0.1) is 17.2 Å². The SMILES string of the molecule is N#Cc1ccc2c(c1)[C@@H]1CN(CCc3ccc4c(c3)CC(=O)N4)C[C@H]1CO2. The number of nitrogens with one attached hydrogen (secondary N) is 1. The molecule has 27 heavy (non-hydrogen) atoms. The van der Waals surface area contributed by atoms with Gasteiger partial charge in [-0.25, -0.2) is 0 Å². The van der Waals surface area contributed by atoms with Crippen LogP contribution in [0.2, 0.25) is 0 Å². The summed E-state index contributed by atoms with van der Waals surface area (Å²) in [7, 11) is 0. The minimum Gasteiger partial charge on any atom is -0.493 e. The van der Waals surface area contributed by atoms with E-state index in [0.29, 0.717) is 23.8 Å². The normalized spacial score (nSPS) is 23.0. The zero-order valence-corrected chi connectivity index (χ0v) is 15.1. The molecular weight excluding hydrogens is 338 g/mol. The summed E-state index contributed by atoms with van der Waals surface area (Å²) < 4.78 is 5.93. The Labute approximate surface area is 158 Å². The number of hydrogen-bond donors (Lipinski definition) is 1. The first-order valence-electron chi connectivity index (χ1n) is 9.50. The molecule has 5 heteroatoms. The summed E-state index contributed by atoms with van der Waals surface area (Å²) in [6.07, 6.45) is 1.47. The Hall–Kier alpha value is -2.84. The van der Waals surface area contributed by atoms with Crippen molar-refractivity contribution in [1.29, 1.82) is 5.26 Å². The second-order valence-corrected chi connectivity index (χ2v) is 7.77. The molecule has 0 spiro atoms. The van der Waals surface area contributed by atoms with Crippen LogP contribution >= 0.6 is 0 Å². The largest absolute Gasteiger partial charge is 0.493 e. The molecule has 3 heterocycles. The summed E-state index contributed by atoms with van der Waals surface area (Å²) in [5.74, 6) is 1.96. The second-order valence-electron chi connectivity index (χ2n) is 7.77. The molecule has 0 saturated carbocycles. The molecule has 5 rings (SSSR count). The van der Waals surface area contributed by atoms with Gasteiger partial charge in [0.1, 0.15) is 5.75 Å². The lowest BCUT2D eigenvalue weighted by Crippen LogP contribution is -2.25. The smallest absolute Gasteiger partial charge is 0.228 e. The van der Waals surface area contributed by atoms with Crippen molar-refractivity contribution in [2.24, 2.45) is 5.92 Å². The van der Waals surface area contributed by atoms with E-state index in [9.17, 15) is 10.1 Å². The number of amides is 1. The van der Waals surface area contributed by atoms with Crippen LogP contribution in [0.5, 0.6) is 5.75 Å². The molecule has 136 valence electrons. The highest BCUT2D eigenvalue weighted by Gasteiger charge is 2.38. The maximum atomic E-state index is 11.5. The summed E-state index contributed by atoms with van der Waals surface area (Å²) in [4.78, 5) is 14.0. The highest BCUT2D eigenvalue weighted by Crippen LogP contribution is 2.42. The first-order chi connectivity index (χ1) is 13.2. The van der Waals surface area contributed by atoms with Crippen LogP contribution in [0.3, 0.4) is 0 Å². The Bertz CT molecular complexity index is 963. The van der Waals surface area contributed by atoms with Crippen LogP contribution in [0.25, 0.3) is 0 Å². The van der Waals surface area contributed by atoms with Gasteiger partial charge in [0.05, 0.1) is 24.7 Å². The third-order valence-electron chi connectivity index (χ3n) is 6.02. The van der Waals surface area contributed by atoms with Crippen molar-refractivity contribution in [2.45, 2.75) is 18.8 Å². The predicted octanol–water partition coefficient (Wildman–Crippen LogP) is 2.70. The molecule has 1 N–H and O–H groups in total. The van der Waals surface area contributed by atoms with E-state index >= 15 is 0 Å². The van der Waals surface area contributed by atoms with Gasteiger partial charge in [-0.2, -0.15) is 5.26 Å². The Morgan fingerprint density at radius 3 is 3.04 bits per heavy atom. The number of nitrogens with zero attached hydrogens (tertiary/aromatic N) is 2. The van der Waals surface area contributed by atoms with E-state index in [1.807, 2.05) is 24.3 Å². The van der Waals surface area contributed by atoms with Crippen molar-refractivity contribution < 1.29 is 9.53 Å². The Morgan fingerprint density at radius 2 is 2.15 bits per heavy atom. The summed E-state index contributed by atoms with van der Waals surface area (Å²) >= 11 is 0. The fraction of sp³-hybridized carbons (Fsp3) is 0.364. The molecule has 0 aromatic heterocycles. The van der Waals surface area contributed by atoms with Gasteiger partial charge in [-0.3, -0.25) is 4.79 Å². The number of benzene rings is 2. The molecule has 3 aliphatic heterocycles. The van der Waals surface area contributed by atoms with Crippen molar-refractivity contribution in [1.82, 2.24) is 4.90 Å². The average Bonchev–Trinajstić information content (AvgIpc) is 3.27. The van der Waals surface area contributed by atoms with Crippen LogP contribution in [-0.2, 0) is 17.6 Å². The molecule has 0 aliphatic carbocycles. The Morgan fingerprint density at radius 1 is 1.22 bits per heavy atom. The second kappa shape index (κ2) is 6.40. The molecule has 2 aromatic carbocycles. The van der Waals surface area contributed by atoms with Gasteiger partial charge in [0, 0.05) is 42.7 Å². The first kappa shape index (κ1) is 16.3. The van der Waals surface area contributed by atoms with Crippen LogP contribution in [0.15, 0.2) is 36.4 Å². The van der Waals surface area contributed by atoms with Crippen molar-refractivity contribution in [2.75, 3.05) is 31.6 Å². The maximum Gasteiger partial charge on any atom is 0.228 e. The number of fused-ring (bicyclic) bond motifs is 4. The van der Waals surface area contributed by atoms with E-state index in [0.717, 1.165) is 49.7 Å². The van der Waals surface area contributed by atoms with Gasteiger partial charge in [-0.05, 0) is 41.8 Å². The van der Waals surface area contributed by atoms with Crippen molar-refractivity contribution in [3.05, 3.63) is 58.7 Å². The van der Waals surface area contributed by atoms with E-state index in [-0.39, 0.29) is 5.91 Å². The number of likely N-dealkylation sites (tertiary alicyclic amines) is 1. The van der Waals surface area contributed by atoms with Gasteiger partial charge < -0.3 is 15.0 Å². The lowest BCUT2D eigenvalue weighted by atomic mass is 9.86. The molecule has 2 atom stereocenters. The molecule has 3 aliphatic rings. The molecule has 0 unspecified atom stereocenters. The summed E-state index contributed by atoms with van der Waals surface area (Å²) in [5, 5.41) is 12.1. The number of nitriles is 1. The van der Waals surface area contributed by atoms with Crippen LogP contribution in [0.4, 0.5) is 5.69 Å². The van der Waals surface area contributed by atoms with E-state index in [1.54, 1.807) is 0 Å². The fourth-order valence-corrected chi connectivity index (χ4v) is 4.63. The Balaban J connectivity index is 1.27. The molecule has 0 bridgehead atoms. The minimum atomic E-state index is 0.0844. The van der Waals surface area contributed by atoms with E-state index in [4.69, 9.17) is 4.74 Å². The summed E-state index contributed by atoms with van der Waals surface area (Å²) in [6.45, 7) is 3.81. The molecule has 2 aromatic rings. The average molecular weight is 359 g/mol. The number of rotatable bonds is 3. The van der Waals surface area contributed by atoms with Crippen LogP contribution < -0.4 is 10.1 Å². The molecular formula is C22H21N3O2. The molecule has 5 nitrogen and oxygen atoms in total. The highest BCUT2D eigenvalue weighted by molar-refractivity contribution is 5.99. The third kappa shape index (κ3) is 2.96. The van der Waals surface area contributed by atoms with E-state index in [2.05, 4.69) is 28.4 Å². The fourth-order valence-electron chi connectivity index (χ4n) is 4.63. The molecule has 0 radical (unpaired) electrons. The third-order valence-corrected chi connectivity index (χ3v) is 6.02. The van der Waals surface area contributed by atoms with Gasteiger partial charge in [0.2, 0.25) is 5.91 Å². The van der Waals surface area contributed by atoms with Crippen molar-refractivity contribution >= 4 is 11.6 Å². The van der Waals surface area contributed by atoms with Crippen molar-refractivity contribution in [3.8, 4) is 11.8 Å². The predicted molar refractivity (Wildman–Crippen MR) is 102 cm³/mol. The Kier molecular flexibility index (Phi) is 3.87. The van der Waals surface area contributed by atoms with Crippen LogP contribution in [-0.4, -0.2) is 37.0 Å². The number of carbonyl (C=O) groups is 1. The number of ether oxygens (including phenoxy) is 1. The standard InChI is InChI=1S/C22H21N3O2/c23-10-15-2-4-21-18(8-15)19-12-25(11-17(19)13-27-21)6-5-14-1-3-20-16(7-14)9-22(26)24-20/h1-4,7-8,17,19H,5-6,9,11-13H2,(H,24,26)/t17-,19+/m0/s1. The van der Waals surface area contributed by atoms with Gasteiger partial charge in [0.15, 0.2) is 0 Å². The van der Waals surface area contributed by atoms with Gasteiger partial charge in [-0.15, -0.1) is 0 Å². The quantitative estimate of drug-likeness (QED) is 0.915. The van der Waals surface area contributed by atoms with Gasteiger partial charge in [-0.1, -0.05) is 12.1 Å². The van der Waals surface area contributed by atoms with E-state index in [1.165, 1.54) is 11.1 Å². The maximum absolute atomic E-state index is 11.5. The van der Waals surface area contributed by atoms with E-state index < -0.39 is 0 Å². The number of hydrogen-bond acceptors (Lipinski definition) is 4. The summed E-state index contributed by atoms with van der Waals surface area (Å²) in [6, 6.07) is 14.3. The van der Waals surface area contributed by atoms with Crippen LogP contribution in [0.1, 0.15) is 28.2 Å². The zero-order chi connectivity index (χ0) is 18.4. The topological polar surface area (TPSA) is 65.4 Å². The summed E-state index contributed by atoms with van der Waals surface area (Å²) in [5.41, 5.74) is 5.24. The lowest BCUT2D eigenvalue weighted by Gasteiger charge is -2.27. The molecule has 1 saturated heterocycles. The number of anilines is 1. The first-order valence-corrected chi connectivity index (χ1v) is 9.50. The zero-order valence-electron chi connectivity index (χ0n) is 15.1. The minimum absolute atomic E-state index is 0.0844. The van der Waals surface area contributed by atoms with Gasteiger partial charge in [0.25, 0.3) is 0 Å². The lowest BCUT2D eigenvalue weighted by molar-refractivity contribution is -0.115. The number of carbonyl (C=O) groups excluding carboxylic acids is 1. The molecule has 1 amide bonds. The molecule has 1 fully saturated rings. The van der Waals surface area contributed by atoms with Crippen molar-refractivity contribution in [3.63, 3.8) is 0 Å². The van der Waals surface area contributed by atoms with Gasteiger partial charge >= 0.3 is 0 Å². The highest BCUT2D eigenvalue weighted by atomic mass is 16.5. The monoisotopic (exact) mass is 359 g/mol.